The van der Waals surface area contributed by atoms with Crippen LogP contribution in [-0.2, 0) is 4.79 Å². The number of nitrogens with one attached hydrogen (secondary N) is 2. The number of fused-ring (bicyclic) bond motifs is 1. The summed E-state index contributed by atoms with van der Waals surface area (Å²) in [6, 6.07) is 1.99. The maximum Gasteiger partial charge on any atom is 0.243 e. The molecule has 1 aromatic rings. The van der Waals surface area contributed by atoms with Crippen LogP contribution in [0.5, 0.6) is 0 Å². The third kappa shape index (κ3) is 1.39. The summed E-state index contributed by atoms with van der Waals surface area (Å²) in [5.41, 5.74) is 4.20. The summed E-state index contributed by atoms with van der Waals surface area (Å²) in [5, 5.41) is 5.93. The van der Waals surface area contributed by atoms with Crippen LogP contribution in [0.25, 0.3) is 0 Å². The van der Waals surface area contributed by atoms with Crippen LogP contribution in [0.1, 0.15) is 11.1 Å². The Morgan fingerprint density at radius 1 is 1.43 bits per heavy atom. The van der Waals surface area contributed by atoms with Gasteiger partial charge in [-0.15, -0.1) is 0 Å². The van der Waals surface area contributed by atoms with E-state index in [1.807, 2.05) is 13.0 Å². The van der Waals surface area contributed by atoms with E-state index in [-0.39, 0.29) is 5.91 Å². The Hall–Kier alpha value is -1.03. The molecular formula is C10H11BrN2O. The first-order valence-corrected chi connectivity index (χ1v) is 5.22. The van der Waals surface area contributed by atoms with Crippen molar-refractivity contribution < 1.29 is 4.79 Å². The van der Waals surface area contributed by atoms with Gasteiger partial charge < -0.3 is 10.6 Å². The van der Waals surface area contributed by atoms with Crippen molar-refractivity contribution in [2.24, 2.45) is 0 Å². The summed E-state index contributed by atoms with van der Waals surface area (Å²) in [5.74, 6) is 0.00709. The van der Waals surface area contributed by atoms with Gasteiger partial charge in [-0.1, -0.05) is 0 Å². The Morgan fingerprint density at radius 2 is 2.14 bits per heavy atom. The molecule has 1 amide bonds. The molecule has 0 radical (unpaired) electrons. The van der Waals surface area contributed by atoms with Crippen LogP contribution in [0.15, 0.2) is 10.5 Å². The average molecular weight is 255 g/mol. The van der Waals surface area contributed by atoms with Gasteiger partial charge in [-0.25, -0.2) is 0 Å². The maximum absolute atomic E-state index is 11.1. The van der Waals surface area contributed by atoms with E-state index in [9.17, 15) is 4.79 Å². The van der Waals surface area contributed by atoms with Crippen LogP contribution in [0.4, 0.5) is 11.4 Å². The monoisotopic (exact) mass is 254 g/mol. The molecule has 0 saturated carbocycles. The number of benzene rings is 1. The van der Waals surface area contributed by atoms with Gasteiger partial charge in [-0.2, -0.15) is 0 Å². The third-order valence-electron chi connectivity index (χ3n) is 2.47. The van der Waals surface area contributed by atoms with Crippen molar-refractivity contribution in [3.63, 3.8) is 0 Å². The zero-order valence-electron chi connectivity index (χ0n) is 8.07. The van der Waals surface area contributed by atoms with Crippen molar-refractivity contribution >= 4 is 33.2 Å². The Bertz CT molecular complexity index is 415. The quantitative estimate of drug-likeness (QED) is 0.747. The number of hydrogen-bond donors (Lipinski definition) is 2. The zero-order chi connectivity index (χ0) is 10.3. The molecule has 1 aliphatic heterocycles. The fraction of sp³-hybridized carbons (Fsp3) is 0.300. The molecule has 0 aliphatic carbocycles. The van der Waals surface area contributed by atoms with Crippen LogP contribution in [0, 0.1) is 13.8 Å². The minimum Gasteiger partial charge on any atom is -0.374 e. The van der Waals surface area contributed by atoms with Crippen molar-refractivity contribution in [1.29, 1.82) is 0 Å². The van der Waals surface area contributed by atoms with Gasteiger partial charge in [0.15, 0.2) is 0 Å². The smallest absolute Gasteiger partial charge is 0.243 e. The van der Waals surface area contributed by atoms with Gasteiger partial charge >= 0.3 is 0 Å². The van der Waals surface area contributed by atoms with E-state index in [0.717, 1.165) is 15.8 Å². The molecule has 3 nitrogen and oxygen atoms in total. The van der Waals surface area contributed by atoms with E-state index in [2.05, 4.69) is 33.5 Å². The highest BCUT2D eigenvalue weighted by Gasteiger charge is 2.18. The lowest BCUT2D eigenvalue weighted by Crippen LogP contribution is -2.27. The highest BCUT2D eigenvalue weighted by atomic mass is 79.9. The SMILES string of the molecule is Cc1cc2c(c(Br)c1C)NCC(=O)N2. The molecular weight excluding hydrogens is 244 g/mol. The Morgan fingerprint density at radius 3 is 2.86 bits per heavy atom. The number of carbonyl (C=O) groups excluding carboxylic acids is 1. The van der Waals surface area contributed by atoms with Crippen LogP contribution < -0.4 is 10.6 Å². The van der Waals surface area contributed by atoms with Crippen molar-refractivity contribution in [3.05, 3.63) is 21.7 Å². The van der Waals surface area contributed by atoms with Crippen molar-refractivity contribution in [1.82, 2.24) is 0 Å². The number of rotatable bonds is 0. The third-order valence-corrected chi connectivity index (χ3v) is 3.46. The first-order chi connectivity index (χ1) is 6.59. The maximum atomic E-state index is 11.1. The van der Waals surface area contributed by atoms with E-state index in [1.165, 1.54) is 11.1 Å². The van der Waals surface area contributed by atoms with E-state index in [0.29, 0.717) is 6.54 Å². The number of hydrogen-bond acceptors (Lipinski definition) is 2. The molecule has 74 valence electrons. The van der Waals surface area contributed by atoms with Crippen LogP contribution >= 0.6 is 15.9 Å². The fourth-order valence-corrected chi connectivity index (χ4v) is 2.18. The molecule has 0 unspecified atom stereocenters. The Kier molecular flexibility index (Phi) is 2.23. The molecule has 14 heavy (non-hydrogen) atoms. The van der Waals surface area contributed by atoms with Gasteiger partial charge in [0.25, 0.3) is 0 Å². The predicted molar refractivity (Wildman–Crippen MR) is 60.7 cm³/mol. The van der Waals surface area contributed by atoms with E-state index >= 15 is 0 Å². The summed E-state index contributed by atoms with van der Waals surface area (Å²) in [6.07, 6.45) is 0. The Balaban J connectivity index is 2.59. The molecule has 4 heteroatoms. The van der Waals surface area contributed by atoms with Crippen LogP contribution in [0.2, 0.25) is 0 Å². The van der Waals surface area contributed by atoms with Gasteiger partial charge in [-0.05, 0) is 47.0 Å². The standard InChI is InChI=1S/C10H11BrN2O/c1-5-3-7-10(9(11)6(5)2)12-4-8(14)13-7/h3,12H,4H2,1-2H3,(H,13,14). The molecule has 1 aromatic carbocycles. The minimum absolute atomic E-state index is 0.00709. The molecule has 0 aromatic heterocycles. The predicted octanol–water partition coefficient (Wildman–Crippen LogP) is 2.43. The van der Waals surface area contributed by atoms with Gasteiger partial charge in [-0.3, -0.25) is 4.79 Å². The second kappa shape index (κ2) is 3.28. The number of carbonyl (C=O) groups is 1. The van der Waals surface area contributed by atoms with Crippen molar-refractivity contribution in [2.75, 3.05) is 17.2 Å². The highest BCUT2D eigenvalue weighted by molar-refractivity contribution is 9.10. The number of aryl methyl sites for hydroxylation is 1. The second-order valence-electron chi connectivity index (χ2n) is 3.46. The summed E-state index contributed by atoms with van der Waals surface area (Å²) >= 11 is 3.52. The molecule has 0 bridgehead atoms. The molecule has 0 fully saturated rings. The van der Waals surface area contributed by atoms with Gasteiger partial charge in [0.05, 0.1) is 17.9 Å². The molecule has 0 saturated heterocycles. The lowest BCUT2D eigenvalue weighted by molar-refractivity contribution is -0.114. The van der Waals surface area contributed by atoms with Crippen molar-refractivity contribution in [2.45, 2.75) is 13.8 Å². The minimum atomic E-state index is 0.00709. The normalized spacial score (nSPS) is 14.4. The summed E-state index contributed by atoms with van der Waals surface area (Å²) < 4.78 is 1.03. The van der Waals surface area contributed by atoms with E-state index in [4.69, 9.17) is 0 Å². The van der Waals surface area contributed by atoms with Gasteiger partial charge in [0.1, 0.15) is 0 Å². The van der Waals surface area contributed by atoms with E-state index < -0.39 is 0 Å². The average Bonchev–Trinajstić information content (AvgIpc) is 2.14. The largest absolute Gasteiger partial charge is 0.374 e. The van der Waals surface area contributed by atoms with Crippen LogP contribution in [0.3, 0.4) is 0 Å². The highest BCUT2D eigenvalue weighted by Crippen LogP contribution is 2.37. The summed E-state index contributed by atoms with van der Waals surface area (Å²) in [6.45, 7) is 4.42. The molecule has 1 heterocycles. The fourth-order valence-electron chi connectivity index (χ4n) is 1.51. The molecule has 1 aliphatic rings. The lowest BCUT2D eigenvalue weighted by Gasteiger charge is -2.22. The zero-order valence-corrected chi connectivity index (χ0v) is 9.66. The van der Waals surface area contributed by atoms with Gasteiger partial charge in [0.2, 0.25) is 5.91 Å². The van der Waals surface area contributed by atoms with Crippen molar-refractivity contribution in [3.8, 4) is 0 Å². The molecule has 2 N–H and O–H groups in total. The first-order valence-electron chi connectivity index (χ1n) is 4.43. The molecule has 0 spiro atoms. The number of halogens is 1. The van der Waals surface area contributed by atoms with Crippen LogP contribution in [-0.4, -0.2) is 12.5 Å². The summed E-state index contributed by atoms with van der Waals surface area (Å²) in [7, 11) is 0. The Labute approximate surface area is 91.0 Å². The van der Waals surface area contributed by atoms with Gasteiger partial charge in [0, 0.05) is 4.47 Å². The topological polar surface area (TPSA) is 41.1 Å². The molecule has 2 rings (SSSR count). The number of amides is 1. The first kappa shape index (κ1) is 9.52. The number of anilines is 2. The summed E-state index contributed by atoms with van der Waals surface area (Å²) in [4.78, 5) is 11.1. The second-order valence-corrected chi connectivity index (χ2v) is 4.25. The van der Waals surface area contributed by atoms with E-state index in [1.54, 1.807) is 0 Å². The lowest BCUT2D eigenvalue weighted by atomic mass is 10.1. The molecule has 0 atom stereocenters.